The summed E-state index contributed by atoms with van der Waals surface area (Å²) in [6.07, 6.45) is 2.07. The van der Waals surface area contributed by atoms with Gasteiger partial charge in [0.1, 0.15) is 6.04 Å². The Labute approximate surface area is 178 Å². The molecular weight excluding hydrogens is 400 g/mol. The van der Waals surface area contributed by atoms with E-state index in [1.54, 1.807) is 23.7 Å². The molecule has 0 saturated heterocycles. The van der Waals surface area contributed by atoms with Gasteiger partial charge in [0.2, 0.25) is 11.8 Å². The van der Waals surface area contributed by atoms with E-state index in [2.05, 4.69) is 20.9 Å². The first-order valence-electron chi connectivity index (χ1n) is 9.69. The van der Waals surface area contributed by atoms with E-state index in [4.69, 9.17) is 0 Å². The first-order chi connectivity index (χ1) is 14.4. The van der Waals surface area contributed by atoms with Gasteiger partial charge in [0.25, 0.3) is 5.91 Å². The Kier molecular flexibility index (Phi) is 7.13. The van der Waals surface area contributed by atoms with E-state index in [0.29, 0.717) is 17.1 Å². The Morgan fingerprint density at radius 1 is 1.07 bits per heavy atom. The van der Waals surface area contributed by atoms with Crippen LogP contribution >= 0.6 is 11.3 Å². The average Bonchev–Trinajstić information content (AvgIpc) is 3.23. The molecule has 0 bridgehead atoms. The van der Waals surface area contributed by atoms with Gasteiger partial charge in [-0.25, -0.2) is 4.98 Å². The lowest BCUT2D eigenvalue weighted by molar-refractivity contribution is -0.126. The van der Waals surface area contributed by atoms with Crippen molar-refractivity contribution < 1.29 is 14.4 Å². The van der Waals surface area contributed by atoms with Gasteiger partial charge >= 0.3 is 0 Å². The SMILES string of the molecule is CC(C)C[C@@H](NC(=O)CNC(=O)c1ccc2ccccc2c1)C(=O)Nc1nccs1. The van der Waals surface area contributed by atoms with Gasteiger partial charge in [0.05, 0.1) is 6.54 Å². The number of hydrogen-bond acceptors (Lipinski definition) is 5. The highest BCUT2D eigenvalue weighted by atomic mass is 32.1. The molecule has 3 amide bonds. The van der Waals surface area contributed by atoms with Crippen LogP contribution in [0.4, 0.5) is 5.13 Å². The zero-order valence-electron chi connectivity index (χ0n) is 16.8. The molecule has 3 rings (SSSR count). The summed E-state index contributed by atoms with van der Waals surface area (Å²) < 4.78 is 0. The number of carbonyl (C=O) groups is 3. The van der Waals surface area contributed by atoms with E-state index in [1.807, 2.05) is 44.2 Å². The molecule has 3 N–H and O–H groups in total. The molecule has 1 atom stereocenters. The van der Waals surface area contributed by atoms with Crippen LogP contribution in [0.15, 0.2) is 54.0 Å². The molecule has 156 valence electrons. The molecule has 0 aliphatic heterocycles. The fourth-order valence-electron chi connectivity index (χ4n) is 3.02. The van der Waals surface area contributed by atoms with Crippen molar-refractivity contribution in [2.24, 2.45) is 5.92 Å². The lowest BCUT2D eigenvalue weighted by Crippen LogP contribution is -2.48. The van der Waals surface area contributed by atoms with Crippen LogP contribution < -0.4 is 16.0 Å². The van der Waals surface area contributed by atoms with E-state index < -0.39 is 11.9 Å². The van der Waals surface area contributed by atoms with Gasteiger partial charge in [0.15, 0.2) is 5.13 Å². The van der Waals surface area contributed by atoms with E-state index in [0.717, 1.165) is 10.8 Å². The van der Waals surface area contributed by atoms with Crippen LogP contribution in [-0.4, -0.2) is 35.3 Å². The number of anilines is 1. The molecule has 1 heterocycles. The molecule has 0 aliphatic rings. The Morgan fingerprint density at radius 2 is 1.83 bits per heavy atom. The second-order valence-corrected chi connectivity index (χ2v) is 8.22. The highest BCUT2D eigenvalue weighted by Gasteiger charge is 2.23. The Bertz CT molecular complexity index is 1030. The molecule has 0 spiro atoms. The maximum absolute atomic E-state index is 12.5. The van der Waals surface area contributed by atoms with Gasteiger partial charge in [-0.3, -0.25) is 14.4 Å². The Morgan fingerprint density at radius 3 is 2.53 bits per heavy atom. The number of amides is 3. The minimum absolute atomic E-state index is 0.199. The quantitative estimate of drug-likeness (QED) is 0.517. The third-order valence-corrected chi connectivity index (χ3v) is 5.13. The van der Waals surface area contributed by atoms with Crippen molar-refractivity contribution in [2.75, 3.05) is 11.9 Å². The molecule has 2 aromatic carbocycles. The molecule has 0 unspecified atom stereocenters. The molecule has 7 nitrogen and oxygen atoms in total. The zero-order chi connectivity index (χ0) is 21.5. The number of rotatable bonds is 8. The van der Waals surface area contributed by atoms with E-state index in [1.165, 1.54) is 11.3 Å². The third kappa shape index (κ3) is 5.87. The van der Waals surface area contributed by atoms with E-state index >= 15 is 0 Å². The number of fused-ring (bicyclic) bond motifs is 1. The average molecular weight is 425 g/mol. The summed E-state index contributed by atoms with van der Waals surface area (Å²) in [4.78, 5) is 41.3. The van der Waals surface area contributed by atoms with Crippen molar-refractivity contribution >= 4 is 45.0 Å². The maximum Gasteiger partial charge on any atom is 0.251 e. The summed E-state index contributed by atoms with van der Waals surface area (Å²) in [7, 11) is 0. The van der Waals surface area contributed by atoms with E-state index in [-0.39, 0.29) is 24.3 Å². The summed E-state index contributed by atoms with van der Waals surface area (Å²) in [5.74, 6) is -0.898. The molecule has 8 heteroatoms. The summed E-state index contributed by atoms with van der Waals surface area (Å²) >= 11 is 1.31. The van der Waals surface area contributed by atoms with Crippen molar-refractivity contribution in [3.05, 3.63) is 59.6 Å². The van der Waals surface area contributed by atoms with E-state index in [9.17, 15) is 14.4 Å². The number of thiazole rings is 1. The van der Waals surface area contributed by atoms with Crippen molar-refractivity contribution in [1.82, 2.24) is 15.6 Å². The molecular formula is C22H24N4O3S. The predicted octanol–water partition coefficient (Wildman–Crippen LogP) is 3.20. The summed E-state index contributed by atoms with van der Waals surface area (Å²) in [6, 6.07) is 12.4. The molecule has 1 aromatic heterocycles. The molecule has 3 aromatic rings. The minimum atomic E-state index is -0.709. The van der Waals surface area contributed by atoms with Gasteiger partial charge in [-0.1, -0.05) is 44.2 Å². The van der Waals surface area contributed by atoms with Gasteiger partial charge < -0.3 is 16.0 Å². The van der Waals surface area contributed by atoms with Gasteiger partial charge in [0, 0.05) is 17.1 Å². The summed E-state index contributed by atoms with van der Waals surface area (Å²) in [6.45, 7) is 3.72. The predicted molar refractivity (Wildman–Crippen MR) is 118 cm³/mol. The maximum atomic E-state index is 12.5. The standard InChI is InChI=1S/C22H24N4O3S/c1-14(2)11-18(21(29)26-22-23-9-10-30-22)25-19(27)13-24-20(28)17-8-7-15-5-3-4-6-16(15)12-17/h3-10,12,14,18H,11,13H2,1-2H3,(H,24,28)(H,25,27)(H,23,26,29)/t18-/m1/s1. The van der Waals surface area contributed by atoms with Gasteiger partial charge in [-0.2, -0.15) is 0 Å². The highest BCUT2D eigenvalue weighted by molar-refractivity contribution is 7.13. The molecule has 30 heavy (non-hydrogen) atoms. The lowest BCUT2D eigenvalue weighted by Gasteiger charge is -2.19. The third-order valence-electron chi connectivity index (χ3n) is 4.44. The van der Waals surface area contributed by atoms with Crippen molar-refractivity contribution in [3.8, 4) is 0 Å². The number of aromatic nitrogens is 1. The van der Waals surface area contributed by atoms with Crippen LogP contribution in [0.25, 0.3) is 10.8 Å². The number of nitrogens with one attached hydrogen (secondary N) is 3. The fourth-order valence-corrected chi connectivity index (χ4v) is 3.55. The van der Waals surface area contributed by atoms with Crippen LogP contribution in [0.2, 0.25) is 0 Å². The highest BCUT2D eigenvalue weighted by Crippen LogP contribution is 2.16. The minimum Gasteiger partial charge on any atom is -0.343 e. The van der Waals surface area contributed by atoms with Crippen LogP contribution in [0, 0.1) is 5.92 Å². The molecule has 0 aliphatic carbocycles. The van der Waals surface area contributed by atoms with Crippen LogP contribution in [0.1, 0.15) is 30.6 Å². The first kappa shape index (κ1) is 21.4. The Hall–Kier alpha value is -3.26. The smallest absolute Gasteiger partial charge is 0.251 e. The van der Waals surface area contributed by atoms with Crippen LogP contribution in [-0.2, 0) is 9.59 Å². The zero-order valence-corrected chi connectivity index (χ0v) is 17.7. The molecule has 0 saturated carbocycles. The number of hydrogen-bond donors (Lipinski definition) is 3. The van der Waals surface area contributed by atoms with Crippen molar-refractivity contribution in [3.63, 3.8) is 0 Å². The van der Waals surface area contributed by atoms with Gasteiger partial charge in [-0.15, -0.1) is 11.3 Å². The topological polar surface area (TPSA) is 100 Å². The molecule has 0 radical (unpaired) electrons. The number of benzene rings is 2. The summed E-state index contributed by atoms with van der Waals surface area (Å²) in [5.41, 5.74) is 0.474. The second-order valence-electron chi connectivity index (χ2n) is 7.32. The molecule has 0 fully saturated rings. The fraction of sp³-hybridized carbons (Fsp3) is 0.273. The summed E-state index contributed by atoms with van der Waals surface area (Å²) in [5, 5.41) is 12.3. The normalized spacial score (nSPS) is 11.8. The second kappa shape index (κ2) is 9.98. The lowest BCUT2D eigenvalue weighted by atomic mass is 10.0. The Balaban J connectivity index is 1.57. The van der Waals surface area contributed by atoms with Crippen molar-refractivity contribution in [2.45, 2.75) is 26.3 Å². The first-order valence-corrected chi connectivity index (χ1v) is 10.6. The largest absolute Gasteiger partial charge is 0.343 e. The number of nitrogens with zero attached hydrogens (tertiary/aromatic N) is 1. The van der Waals surface area contributed by atoms with Crippen molar-refractivity contribution in [1.29, 1.82) is 0 Å². The number of carbonyl (C=O) groups excluding carboxylic acids is 3. The monoisotopic (exact) mass is 424 g/mol. The van der Waals surface area contributed by atoms with Gasteiger partial charge in [-0.05, 0) is 35.2 Å². The van der Waals surface area contributed by atoms with Crippen LogP contribution in [0.5, 0.6) is 0 Å². The van der Waals surface area contributed by atoms with Crippen LogP contribution in [0.3, 0.4) is 0 Å².